The Bertz CT molecular complexity index is 1370. The molecule has 1 atom stereocenters. The maximum absolute atomic E-state index is 12.7. The highest BCUT2D eigenvalue weighted by molar-refractivity contribution is 7.15. The minimum atomic E-state index is -4.40. The minimum Gasteiger partial charge on any atom is -0.343 e. The number of rotatable bonds is 6. The van der Waals surface area contributed by atoms with Crippen LogP contribution in [-0.4, -0.2) is 25.8 Å². The van der Waals surface area contributed by atoms with E-state index < -0.39 is 23.7 Å². The van der Waals surface area contributed by atoms with Gasteiger partial charge in [-0.25, -0.2) is 15.0 Å². The van der Waals surface area contributed by atoms with E-state index >= 15 is 0 Å². The van der Waals surface area contributed by atoms with Crippen LogP contribution >= 0.6 is 11.3 Å². The Hall–Kier alpha value is -4.06. The molecule has 3 heterocycles. The highest BCUT2D eigenvalue weighted by Crippen LogP contribution is 2.31. The number of amides is 1. The molecule has 8 nitrogen and oxygen atoms in total. The summed E-state index contributed by atoms with van der Waals surface area (Å²) in [6.45, 7) is 1.76. The van der Waals surface area contributed by atoms with E-state index in [1.807, 2.05) is 0 Å². The van der Waals surface area contributed by atoms with E-state index in [0.29, 0.717) is 22.1 Å². The van der Waals surface area contributed by atoms with Gasteiger partial charge in [-0.2, -0.15) is 13.2 Å². The van der Waals surface area contributed by atoms with E-state index in [0.717, 1.165) is 17.0 Å². The van der Waals surface area contributed by atoms with Gasteiger partial charge in [0.25, 0.3) is 11.5 Å². The highest BCUT2D eigenvalue weighted by Gasteiger charge is 2.30. The van der Waals surface area contributed by atoms with Gasteiger partial charge in [0.1, 0.15) is 12.0 Å². The third kappa shape index (κ3) is 5.29. The topological polar surface area (TPSA) is 113 Å². The van der Waals surface area contributed by atoms with E-state index in [9.17, 15) is 22.8 Å². The number of aromatic nitrogens is 4. The summed E-state index contributed by atoms with van der Waals surface area (Å²) in [5.41, 5.74) is 0.101. The Balaban J connectivity index is 1.42. The lowest BCUT2D eigenvalue weighted by molar-refractivity contribution is -0.137. The molecule has 4 rings (SSSR count). The van der Waals surface area contributed by atoms with Gasteiger partial charge in [0.2, 0.25) is 0 Å². The van der Waals surface area contributed by atoms with Crippen LogP contribution in [-0.2, 0) is 6.18 Å². The Kier molecular flexibility index (Phi) is 6.41. The molecule has 0 aliphatic heterocycles. The quantitative estimate of drug-likeness (QED) is 0.369. The zero-order valence-corrected chi connectivity index (χ0v) is 18.4. The molecule has 0 saturated heterocycles. The van der Waals surface area contributed by atoms with Gasteiger partial charge in [0, 0.05) is 23.0 Å². The van der Waals surface area contributed by atoms with Crippen molar-refractivity contribution in [1.29, 1.82) is 0 Å². The molecule has 4 aromatic rings. The van der Waals surface area contributed by atoms with Gasteiger partial charge in [0.15, 0.2) is 5.13 Å². The third-order valence-corrected chi connectivity index (χ3v) is 5.85. The van der Waals surface area contributed by atoms with Crippen molar-refractivity contribution < 1.29 is 18.0 Å². The Morgan fingerprint density at radius 2 is 1.88 bits per heavy atom. The fourth-order valence-corrected chi connectivity index (χ4v) is 3.84. The lowest BCUT2D eigenvalue weighted by Gasteiger charge is -2.11. The van der Waals surface area contributed by atoms with Crippen LogP contribution in [0.15, 0.2) is 66.0 Å². The first kappa shape index (κ1) is 23.1. The normalized spacial score (nSPS) is 12.2. The van der Waals surface area contributed by atoms with Gasteiger partial charge in [-0.3, -0.25) is 9.59 Å². The Labute approximate surface area is 195 Å². The van der Waals surface area contributed by atoms with Crippen molar-refractivity contribution in [2.24, 2.45) is 0 Å². The van der Waals surface area contributed by atoms with Gasteiger partial charge in [-0.1, -0.05) is 11.3 Å². The van der Waals surface area contributed by atoms with Gasteiger partial charge in [-0.05, 0) is 49.4 Å². The summed E-state index contributed by atoms with van der Waals surface area (Å²) in [6.07, 6.45) is -0.128. The number of aromatic amines is 1. The summed E-state index contributed by atoms with van der Waals surface area (Å²) in [4.78, 5) is 40.2. The fraction of sp³-hybridized carbons (Fsp3) is 0.136. The van der Waals surface area contributed by atoms with Crippen LogP contribution in [0.3, 0.4) is 0 Å². The second kappa shape index (κ2) is 9.43. The second-order valence-corrected chi connectivity index (χ2v) is 8.23. The summed E-state index contributed by atoms with van der Waals surface area (Å²) in [7, 11) is 0. The molecule has 1 aromatic carbocycles. The molecule has 174 valence electrons. The molecule has 0 bridgehead atoms. The molecule has 0 aliphatic rings. The van der Waals surface area contributed by atoms with Crippen molar-refractivity contribution >= 4 is 28.1 Å². The first-order chi connectivity index (χ1) is 16.2. The zero-order chi connectivity index (χ0) is 24.3. The molecule has 34 heavy (non-hydrogen) atoms. The Morgan fingerprint density at radius 3 is 2.59 bits per heavy atom. The average Bonchev–Trinajstić information content (AvgIpc) is 3.28. The summed E-state index contributed by atoms with van der Waals surface area (Å²) in [5, 5.41) is 6.22. The number of nitrogens with zero attached hydrogens (tertiary/aromatic N) is 3. The summed E-state index contributed by atoms with van der Waals surface area (Å²) >= 11 is 1.25. The van der Waals surface area contributed by atoms with Crippen LogP contribution in [0.25, 0.3) is 11.3 Å². The van der Waals surface area contributed by atoms with Crippen LogP contribution in [0.5, 0.6) is 0 Å². The number of hydrogen-bond acceptors (Lipinski definition) is 7. The smallest absolute Gasteiger partial charge is 0.343 e. The number of alkyl halides is 3. The zero-order valence-electron chi connectivity index (χ0n) is 17.6. The number of H-pyrrole nitrogens is 1. The molecule has 0 saturated carbocycles. The standard InChI is InChI=1S/C22H17F3N6O2S/c1-12(18-10-27-21(34-18)31-14-6-4-13(5-7-14)22(23,24)25)30-20(33)17-9-16(28-11-29-17)15-3-2-8-26-19(15)32/h2-12H,1H3,(H,26,32)(H,27,31)(H,30,33). The number of thiazole rings is 1. The second-order valence-electron chi connectivity index (χ2n) is 7.16. The first-order valence-corrected chi connectivity index (χ1v) is 10.7. The average molecular weight is 486 g/mol. The molecule has 0 radical (unpaired) electrons. The predicted octanol–water partition coefficient (Wildman–Crippen LogP) is 4.54. The number of halogens is 3. The molecule has 12 heteroatoms. The number of nitrogens with one attached hydrogen (secondary N) is 3. The molecule has 0 spiro atoms. The van der Waals surface area contributed by atoms with Crippen LogP contribution in [0.2, 0.25) is 0 Å². The molecule has 3 aromatic heterocycles. The predicted molar refractivity (Wildman–Crippen MR) is 121 cm³/mol. The molecular formula is C22H17F3N6O2S. The molecule has 1 unspecified atom stereocenters. The van der Waals surface area contributed by atoms with Crippen LogP contribution in [0, 0.1) is 0 Å². The molecular weight excluding hydrogens is 469 g/mol. The highest BCUT2D eigenvalue weighted by atomic mass is 32.1. The summed E-state index contributed by atoms with van der Waals surface area (Å²) in [5.74, 6) is -0.464. The molecule has 0 aliphatic carbocycles. The van der Waals surface area contributed by atoms with Crippen LogP contribution in [0.1, 0.15) is 33.9 Å². The number of anilines is 2. The number of benzene rings is 1. The van der Waals surface area contributed by atoms with Gasteiger partial charge in [0.05, 0.1) is 22.9 Å². The fourth-order valence-electron chi connectivity index (χ4n) is 3.00. The van der Waals surface area contributed by atoms with E-state index in [1.165, 1.54) is 42.1 Å². The molecule has 1 amide bonds. The van der Waals surface area contributed by atoms with Crippen LogP contribution < -0.4 is 16.2 Å². The lowest BCUT2D eigenvalue weighted by atomic mass is 10.1. The molecule has 3 N–H and O–H groups in total. The summed E-state index contributed by atoms with van der Waals surface area (Å²) < 4.78 is 38.1. The molecule has 0 fully saturated rings. The van der Waals surface area contributed by atoms with Crippen molar-refractivity contribution in [3.05, 3.63) is 87.7 Å². The van der Waals surface area contributed by atoms with Gasteiger partial charge >= 0.3 is 6.18 Å². The largest absolute Gasteiger partial charge is 0.416 e. The number of pyridine rings is 1. The van der Waals surface area contributed by atoms with Crippen molar-refractivity contribution in [1.82, 2.24) is 25.3 Å². The maximum Gasteiger partial charge on any atom is 0.416 e. The van der Waals surface area contributed by atoms with E-state index in [1.54, 1.807) is 25.3 Å². The van der Waals surface area contributed by atoms with E-state index in [-0.39, 0.29) is 11.3 Å². The SMILES string of the molecule is CC(NC(=O)c1cc(-c2ccc[nH]c2=O)ncn1)c1cnc(Nc2ccc(C(F)(F)F)cc2)s1. The number of carbonyl (C=O) groups is 1. The van der Waals surface area contributed by atoms with E-state index in [4.69, 9.17) is 0 Å². The van der Waals surface area contributed by atoms with Crippen molar-refractivity contribution in [3.63, 3.8) is 0 Å². The van der Waals surface area contributed by atoms with Gasteiger partial charge < -0.3 is 15.6 Å². The van der Waals surface area contributed by atoms with Gasteiger partial charge in [-0.15, -0.1) is 0 Å². The lowest BCUT2D eigenvalue weighted by Crippen LogP contribution is -2.27. The Morgan fingerprint density at radius 1 is 1.12 bits per heavy atom. The number of carbonyl (C=O) groups excluding carboxylic acids is 1. The minimum absolute atomic E-state index is 0.0905. The maximum atomic E-state index is 12.7. The monoisotopic (exact) mass is 486 g/mol. The van der Waals surface area contributed by atoms with Crippen molar-refractivity contribution in [2.45, 2.75) is 19.1 Å². The summed E-state index contributed by atoms with van der Waals surface area (Å²) in [6, 6.07) is 8.86. The van der Waals surface area contributed by atoms with Crippen molar-refractivity contribution in [3.8, 4) is 11.3 Å². The van der Waals surface area contributed by atoms with Crippen molar-refractivity contribution in [2.75, 3.05) is 5.32 Å². The van der Waals surface area contributed by atoms with Crippen LogP contribution in [0.4, 0.5) is 24.0 Å². The number of hydrogen-bond donors (Lipinski definition) is 3. The third-order valence-electron chi connectivity index (χ3n) is 4.76. The first-order valence-electron chi connectivity index (χ1n) is 9.91. The van der Waals surface area contributed by atoms with E-state index in [2.05, 4.69) is 30.6 Å².